The van der Waals surface area contributed by atoms with Gasteiger partial charge in [0.05, 0.1) is 18.9 Å². The summed E-state index contributed by atoms with van der Waals surface area (Å²) < 4.78 is 11.8. The SMILES string of the molecule is Cn1ccnc(NCC2CN(Cc3cnon3)CCO2)c1=O. The molecule has 1 fully saturated rings. The minimum absolute atomic E-state index is 0.0136. The van der Waals surface area contributed by atoms with Gasteiger partial charge in [-0.3, -0.25) is 9.69 Å². The summed E-state index contributed by atoms with van der Waals surface area (Å²) in [6.07, 6.45) is 4.81. The van der Waals surface area contributed by atoms with E-state index in [1.165, 1.54) is 4.57 Å². The third kappa shape index (κ3) is 3.49. The van der Waals surface area contributed by atoms with E-state index in [0.29, 0.717) is 25.5 Å². The van der Waals surface area contributed by atoms with Crippen LogP contribution in [0.1, 0.15) is 5.69 Å². The lowest BCUT2D eigenvalue weighted by atomic mass is 10.2. The second-order valence-electron chi connectivity index (χ2n) is 5.20. The smallest absolute Gasteiger partial charge is 0.293 e. The van der Waals surface area contributed by atoms with Gasteiger partial charge in [0.25, 0.3) is 5.56 Å². The summed E-state index contributed by atoms with van der Waals surface area (Å²) in [4.78, 5) is 18.2. The van der Waals surface area contributed by atoms with Crippen LogP contribution in [0.4, 0.5) is 5.82 Å². The summed E-state index contributed by atoms with van der Waals surface area (Å²) in [5.74, 6) is 0.339. The first-order chi connectivity index (χ1) is 10.7. The fourth-order valence-corrected chi connectivity index (χ4v) is 2.36. The average Bonchev–Trinajstić information content (AvgIpc) is 3.02. The maximum atomic E-state index is 11.9. The number of morpholine rings is 1. The summed E-state index contributed by atoms with van der Waals surface area (Å²) in [7, 11) is 1.69. The highest BCUT2D eigenvalue weighted by molar-refractivity contribution is 5.30. The number of hydrogen-bond acceptors (Lipinski definition) is 8. The quantitative estimate of drug-likeness (QED) is 0.787. The van der Waals surface area contributed by atoms with Crippen molar-refractivity contribution in [1.82, 2.24) is 24.8 Å². The molecule has 0 saturated carbocycles. The minimum atomic E-state index is -0.149. The van der Waals surface area contributed by atoms with E-state index in [1.807, 2.05) is 0 Å². The van der Waals surface area contributed by atoms with Crippen LogP contribution < -0.4 is 10.9 Å². The molecule has 0 bridgehead atoms. The number of aromatic nitrogens is 4. The summed E-state index contributed by atoms with van der Waals surface area (Å²) in [5, 5.41) is 10.5. The highest BCUT2D eigenvalue weighted by atomic mass is 16.6. The van der Waals surface area contributed by atoms with Crippen LogP contribution in [0.5, 0.6) is 0 Å². The summed E-state index contributed by atoms with van der Waals surface area (Å²) >= 11 is 0. The lowest BCUT2D eigenvalue weighted by Crippen LogP contribution is -2.45. The Balaban J connectivity index is 1.54. The molecule has 3 heterocycles. The van der Waals surface area contributed by atoms with Gasteiger partial charge in [-0.1, -0.05) is 10.3 Å². The number of ether oxygens (including phenoxy) is 1. The van der Waals surface area contributed by atoms with E-state index in [-0.39, 0.29) is 11.7 Å². The number of hydrogen-bond donors (Lipinski definition) is 1. The van der Waals surface area contributed by atoms with E-state index in [9.17, 15) is 4.79 Å². The molecule has 2 aromatic heterocycles. The molecule has 1 aliphatic rings. The third-order valence-electron chi connectivity index (χ3n) is 3.53. The topological polar surface area (TPSA) is 98.3 Å². The maximum absolute atomic E-state index is 11.9. The monoisotopic (exact) mass is 306 g/mol. The molecule has 0 aromatic carbocycles. The number of aryl methyl sites for hydroxylation is 1. The van der Waals surface area contributed by atoms with Crippen molar-refractivity contribution in [1.29, 1.82) is 0 Å². The van der Waals surface area contributed by atoms with Crippen molar-refractivity contribution in [2.75, 3.05) is 31.6 Å². The number of nitrogens with one attached hydrogen (secondary N) is 1. The molecule has 9 heteroatoms. The van der Waals surface area contributed by atoms with Crippen molar-refractivity contribution >= 4 is 5.82 Å². The van der Waals surface area contributed by atoms with Crippen molar-refractivity contribution in [3.05, 3.63) is 34.6 Å². The van der Waals surface area contributed by atoms with Crippen molar-refractivity contribution in [3.8, 4) is 0 Å². The maximum Gasteiger partial charge on any atom is 0.293 e. The summed E-state index contributed by atoms with van der Waals surface area (Å²) in [6.45, 7) is 3.41. The normalized spacial score (nSPS) is 19.2. The minimum Gasteiger partial charge on any atom is -0.374 e. The van der Waals surface area contributed by atoms with Gasteiger partial charge in [0.15, 0.2) is 5.82 Å². The first-order valence-corrected chi connectivity index (χ1v) is 7.08. The Morgan fingerprint density at radius 2 is 2.41 bits per heavy atom. The predicted octanol–water partition coefficient (Wildman–Crippen LogP) is -0.524. The highest BCUT2D eigenvalue weighted by Crippen LogP contribution is 2.09. The zero-order chi connectivity index (χ0) is 15.4. The van der Waals surface area contributed by atoms with Crippen LogP contribution in [0.25, 0.3) is 0 Å². The van der Waals surface area contributed by atoms with Gasteiger partial charge in [0.2, 0.25) is 0 Å². The van der Waals surface area contributed by atoms with Gasteiger partial charge in [-0.15, -0.1) is 0 Å². The van der Waals surface area contributed by atoms with E-state index >= 15 is 0 Å². The van der Waals surface area contributed by atoms with Crippen LogP contribution >= 0.6 is 0 Å². The van der Waals surface area contributed by atoms with E-state index in [1.54, 1.807) is 25.6 Å². The fraction of sp³-hybridized carbons (Fsp3) is 0.538. The van der Waals surface area contributed by atoms with Gasteiger partial charge in [-0.05, 0) is 0 Å². The molecule has 1 saturated heterocycles. The molecule has 1 N–H and O–H groups in total. The van der Waals surface area contributed by atoms with E-state index < -0.39 is 0 Å². The van der Waals surface area contributed by atoms with Gasteiger partial charge in [-0.25, -0.2) is 9.61 Å². The first-order valence-electron chi connectivity index (χ1n) is 7.08. The zero-order valence-corrected chi connectivity index (χ0v) is 12.3. The first kappa shape index (κ1) is 14.7. The molecule has 118 valence electrons. The van der Waals surface area contributed by atoms with Crippen LogP contribution in [0, 0.1) is 0 Å². The molecule has 1 unspecified atom stereocenters. The molecule has 22 heavy (non-hydrogen) atoms. The summed E-state index contributed by atoms with van der Waals surface area (Å²) in [5.41, 5.74) is 0.649. The second-order valence-corrected chi connectivity index (χ2v) is 5.20. The fourth-order valence-electron chi connectivity index (χ4n) is 2.36. The molecule has 0 amide bonds. The lowest BCUT2D eigenvalue weighted by Gasteiger charge is -2.32. The van der Waals surface area contributed by atoms with Gasteiger partial charge in [-0.2, -0.15) is 0 Å². The molecule has 1 aliphatic heterocycles. The van der Waals surface area contributed by atoms with Crippen LogP contribution in [-0.4, -0.2) is 57.1 Å². The molecule has 2 aromatic rings. The van der Waals surface area contributed by atoms with Gasteiger partial charge in [0.1, 0.15) is 5.69 Å². The second kappa shape index (κ2) is 6.67. The molecular weight excluding hydrogens is 288 g/mol. The predicted molar refractivity (Wildman–Crippen MR) is 77.3 cm³/mol. The molecule has 9 nitrogen and oxygen atoms in total. The van der Waals surface area contributed by atoms with Crippen molar-refractivity contribution < 1.29 is 9.37 Å². The Labute approximate surface area is 126 Å². The van der Waals surface area contributed by atoms with Gasteiger partial charge in [0, 0.05) is 45.6 Å². The Hall–Kier alpha value is -2.26. The standard InChI is InChI=1S/C13H18N6O3/c1-18-3-2-14-12(13(18)20)15-7-11-9-19(4-5-21-11)8-10-6-16-22-17-10/h2-3,6,11H,4-5,7-9H2,1H3,(H,14,15). The Bertz CT molecular complexity index is 656. The molecule has 1 atom stereocenters. The van der Waals surface area contributed by atoms with Crippen LogP contribution in [0.2, 0.25) is 0 Å². The molecule has 0 radical (unpaired) electrons. The van der Waals surface area contributed by atoms with Gasteiger partial charge < -0.3 is 14.6 Å². The van der Waals surface area contributed by atoms with E-state index in [4.69, 9.17) is 4.74 Å². The zero-order valence-electron chi connectivity index (χ0n) is 12.3. The Morgan fingerprint density at radius 1 is 1.50 bits per heavy atom. The van der Waals surface area contributed by atoms with Crippen molar-refractivity contribution in [2.24, 2.45) is 7.05 Å². The highest BCUT2D eigenvalue weighted by Gasteiger charge is 2.21. The lowest BCUT2D eigenvalue weighted by molar-refractivity contribution is -0.0247. The van der Waals surface area contributed by atoms with E-state index in [0.717, 1.165) is 18.8 Å². The van der Waals surface area contributed by atoms with E-state index in [2.05, 4.69) is 30.1 Å². The third-order valence-corrected chi connectivity index (χ3v) is 3.53. The number of nitrogens with zero attached hydrogens (tertiary/aromatic N) is 5. The largest absolute Gasteiger partial charge is 0.374 e. The van der Waals surface area contributed by atoms with Crippen molar-refractivity contribution in [2.45, 2.75) is 12.6 Å². The Morgan fingerprint density at radius 3 is 3.23 bits per heavy atom. The van der Waals surface area contributed by atoms with Crippen molar-refractivity contribution in [3.63, 3.8) is 0 Å². The molecular formula is C13H18N6O3. The van der Waals surface area contributed by atoms with Crippen LogP contribution in [-0.2, 0) is 18.3 Å². The molecule has 0 aliphatic carbocycles. The number of rotatable bonds is 5. The molecule has 0 spiro atoms. The van der Waals surface area contributed by atoms with Crippen LogP contribution in [0.3, 0.4) is 0 Å². The molecule has 3 rings (SSSR count). The van der Waals surface area contributed by atoms with Gasteiger partial charge >= 0.3 is 0 Å². The average molecular weight is 306 g/mol. The number of anilines is 1. The summed E-state index contributed by atoms with van der Waals surface area (Å²) in [6, 6.07) is 0. The Kier molecular flexibility index (Phi) is 4.45. The van der Waals surface area contributed by atoms with Crippen LogP contribution in [0.15, 0.2) is 28.0 Å².